The number of amides is 1. The van der Waals surface area contributed by atoms with E-state index in [9.17, 15) is 19.2 Å². The van der Waals surface area contributed by atoms with Crippen molar-refractivity contribution in [1.82, 2.24) is 4.57 Å². The zero-order chi connectivity index (χ0) is 22.7. The molecule has 1 amide bonds. The number of hydrogen-bond acceptors (Lipinski definition) is 8. The highest BCUT2D eigenvalue weighted by molar-refractivity contribution is 7.18. The van der Waals surface area contributed by atoms with Crippen LogP contribution in [0.25, 0.3) is 10.8 Å². The highest BCUT2D eigenvalue weighted by Crippen LogP contribution is 2.34. The summed E-state index contributed by atoms with van der Waals surface area (Å²) >= 11 is 0.904. The maximum atomic E-state index is 12.7. The van der Waals surface area contributed by atoms with Crippen LogP contribution >= 0.6 is 11.3 Å². The number of anilines is 1. The van der Waals surface area contributed by atoms with Crippen LogP contribution in [0.1, 0.15) is 25.6 Å². The van der Waals surface area contributed by atoms with E-state index in [-0.39, 0.29) is 27.5 Å². The SMILES string of the molecule is COC(=O)c1sc(NC(=O)Cn2ccc3cc(OC)ccc3c2=O)c(C(=O)OC)c1C. The molecule has 3 rings (SSSR count). The molecule has 0 atom stereocenters. The molecule has 10 heteroatoms. The molecule has 3 aromatic rings. The van der Waals surface area contributed by atoms with Gasteiger partial charge in [-0.25, -0.2) is 9.59 Å². The van der Waals surface area contributed by atoms with Gasteiger partial charge in [-0.15, -0.1) is 11.3 Å². The number of nitrogens with one attached hydrogen (secondary N) is 1. The average Bonchev–Trinajstić information content (AvgIpc) is 3.09. The van der Waals surface area contributed by atoms with Crippen molar-refractivity contribution >= 4 is 45.0 Å². The molecule has 0 unspecified atom stereocenters. The van der Waals surface area contributed by atoms with E-state index in [0.29, 0.717) is 22.1 Å². The van der Waals surface area contributed by atoms with Gasteiger partial charge in [-0.3, -0.25) is 9.59 Å². The highest BCUT2D eigenvalue weighted by atomic mass is 32.1. The zero-order valence-electron chi connectivity index (χ0n) is 17.3. The van der Waals surface area contributed by atoms with Gasteiger partial charge in [0, 0.05) is 11.6 Å². The minimum absolute atomic E-state index is 0.0687. The van der Waals surface area contributed by atoms with Crippen LogP contribution in [0, 0.1) is 6.92 Å². The number of fused-ring (bicyclic) bond motifs is 1. The van der Waals surface area contributed by atoms with Gasteiger partial charge in [0.25, 0.3) is 5.56 Å². The van der Waals surface area contributed by atoms with E-state index in [1.54, 1.807) is 31.2 Å². The van der Waals surface area contributed by atoms with Crippen molar-refractivity contribution in [2.75, 3.05) is 26.6 Å². The van der Waals surface area contributed by atoms with Gasteiger partial charge in [0.1, 0.15) is 22.2 Å². The van der Waals surface area contributed by atoms with Crippen molar-refractivity contribution in [1.29, 1.82) is 0 Å². The predicted octanol–water partition coefficient (Wildman–Crippen LogP) is 2.59. The van der Waals surface area contributed by atoms with Crippen LogP contribution in [0.5, 0.6) is 5.75 Å². The molecule has 1 N–H and O–H groups in total. The van der Waals surface area contributed by atoms with Crippen LogP contribution in [0.3, 0.4) is 0 Å². The lowest BCUT2D eigenvalue weighted by Crippen LogP contribution is -2.27. The average molecular weight is 444 g/mol. The van der Waals surface area contributed by atoms with Crippen molar-refractivity contribution in [3.63, 3.8) is 0 Å². The van der Waals surface area contributed by atoms with Crippen molar-refractivity contribution in [3.8, 4) is 5.75 Å². The molecule has 0 bridgehead atoms. The van der Waals surface area contributed by atoms with Crippen LogP contribution in [-0.2, 0) is 20.8 Å². The number of esters is 2. The first kappa shape index (κ1) is 22.0. The largest absolute Gasteiger partial charge is 0.497 e. The van der Waals surface area contributed by atoms with E-state index in [2.05, 4.69) is 5.32 Å². The molecule has 0 saturated heterocycles. The fourth-order valence-electron chi connectivity index (χ4n) is 3.08. The minimum atomic E-state index is -0.698. The quantitative estimate of drug-likeness (QED) is 0.582. The Morgan fingerprint density at radius 3 is 2.42 bits per heavy atom. The molecule has 0 aliphatic rings. The van der Waals surface area contributed by atoms with Crippen LogP contribution in [0.4, 0.5) is 5.00 Å². The summed E-state index contributed by atoms with van der Waals surface area (Å²) in [5.41, 5.74) is 0.0659. The highest BCUT2D eigenvalue weighted by Gasteiger charge is 2.26. The van der Waals surface area contributed by atoms with Gasteiger partial charge in [-0.1, -0.05) is 0 Å². The Labute approximate surface area is 181 Å². The summed E-state index contributed by atoms with van der Waals surface area (Å²) < 4.78 is 15.9. The summed E-state index contributed by atoms with van der Waals surface area (Å²) in [4.78, 5) is 49.7. The zero-order valence-corrected chi connectivity index (χ0v) is 18.1. The second kappa shape index (κ2) is 9.00. The number of carbonyl (C=O) groups excluding carboxylic acids is 3. The van der Waals surface area contributed by atoms with Crippen molar-refractivity contribution in [2.24, 2.45) is 0 Å². The standard InChI is InChI=1S/C21H20N2O7S/c1-11-16(20(26)29-3)18(31-17(11)21(27)30-4)22-15(24)10-23-8-7-12-9-13(28-2)5-6-14(12)19(23)25/h5-9H,10H2,1-4H3,(H,22,24). The Hall–Kier alpha value is -3.66. The molecule has 2 heterocycles. The normalized spacial score (nSPS) is 10.6. The lowest BCUT2D eigenvalue weighted by atomic mass is 10.1. The Morgan fingerprint density at radius 2 is 1.77 bits per heavy atom. The third kappa shape index (κ3) is 4.29. The predicted molar refractivity (Wildman–Crippen MR) is 115 cm³/mol. The topological polar surface area (TPSA) is 113 Å². The smallest absolute Gasteiger partial charge is 0.348 e. The van der Waals surface area contributed by atoms with Gasteiger partial charge < -0.3 is 24.1 Å². The molecule has 0 fully saturated rings. The maximum Gasteiger partial charge on any atom is 0.348 e. The molecule has 0 saturated carbocycles. The first-order valence-corrected chi connectivity index (χ1v) is 9.89. The number of rotatable bonds is 6. The molecule has 31 heavy (non-hydrogen) atoms. The van der Waals surface area contributed by atoms with E-state index >= 15 is 0 Å². The van der Waals surface area contributed by atoms with Crippen molar-refractivity contribution in [2.45, 2.75) is 13.5 Å². The first-order chi connectivity index (χ1) is 14.8. The number of nitrogens with zero attached hydrogens (tertiary/aromatic N) is 1. The van der Waals surface area contributed by atoms with Crippen LogP contribution in [-0.4, -0.2) is 43.7 Å². The Balaban J connectivity index is 1.90. The second-order valence-electron chi connectivity index (χ2n) is 6.49. The molecule has 0 spiro atoms. The molecular weight excluding hydrogens is 424 g/mol. The van der Waals surface area contributed by atoms with Crippen molar-refractivity contribution in [3.05, 3.63) is 56.8 Å². The van der Waals surface area contributed by atoms with E-state index in [0.717, 1.165) is 11.3 Å². The molecule has 9 nitrogen and oxygen atoms in total. The number of carbonyl (C=O) groups is 3. The number of thiophene rings is 1. The van der Waals surface area contributed by atoms with Gasteiger partial charge in [-0.2, -0.15) is 0 Å². The molecule has 2 aromatic heterocycles. The molecule has 0 aliphatic heterocycles. The Kier molecular flexibility index (Phi) is 6.40. The molecule has 162 valence electrons. The summed E-state index contributed by atoms with van der Waals surface area (Å²) in [6.45, 7) is 1.28. The number of ether oxygens (including phenoxy) is 3. The number of hydrogen-bond donors (Lipinski definition) is 1. The number of benzene rings is 1. The maximum absolute atomic E-state index is 12.7. The summed E-state index contributed by atoms with van der Waals surface area (Å²) in [5, 5.41) is 3.87. The van der Waals surface area contributed by atoms with E-state index < -0.39 is 17.8 Å². The third-order valence-electron chi connectivity index (χ3n) is 4.66. The molecular formula is C21H20N2O7S. The van der Waals surface area contributed by atoms with Crippen LogP contribution in [0.15, 0.2) is 35.3 Å². The summed E-state index contributed by atoms with van der Waals surface area (Å²) in [5.74, 6) is -1.25. The monoisotopic (exact) mass is 444 g/mol. The van der Waals surface area contributed by atoms with Gasteiger partial charge in [0.05, 0.1) is 26.9 Å². The molecule has 0 aliphatic carbocycles. The minimum Gasteiger partial charge on any atom is -0.497 e. The van der Waals surface area contributed by atoms with Gasteiger partial charge in [0.2, 0.25) is 5.91 Å². The fraction of sp³-hybridized carbons (Fsp3) is 0.238. The van der Waals surface area contributed by atoms with Crippen molar-refractivity contribution < 1.29 is 28.6 Å². The first-order valence-electron chi connectivity index (χ1n) is 9.07. The van der Waals surface area contributed by atoms with Gasteiger partial charge >= 0.3 is 11.9 Å². The third-order valence-corrected chi connectivity index (χ3v) is 5.85. The Morgan fingerprint density at radius 1 is 1.06 bits per heavy atom. The van der Waals surface area contributed by atoms with E-state index in [4.69, 9.17) is 14.2 Å². The number of aromatic nitrogens is 1. The van der Waals surface area contributed by atoms with Crippen LogP contribution in [0.2, 0.25) is 0 Å². The number of pyridine rings is 1. The molecule has 1 aromatic carbocycles. The summed E-state index contributed by atoms with van der Waals surface area (Å²) in [7, 11) is 3.96. The summed E-state index contributed by atoms with van der Waals surface area (Å²) in [6.07, 6.45) is 1.50. The van der Waals surface area contributed by atoms with Gasteiger partial charge in [0.15, 0.2) is 0 Å². The van der Waals surface area contributed by atoms with Gasteiger partial charge in [-0.05, 0) is 42.1 Å². The summed E-state index contributed by atoms with van der Waals surface area (Å²) in [6, 6.07) is 6.73. The van der Waals surface area contributed by atoms with E-state index in [1.165, 1.54) is 32.1 Å². The fourth-order valence-corrected chi connectivity index (χ4v) is 4.20. The number of methoxy groups -OCH3 is 3. The lowest BCUT2D eigenvalue weighted by Gasteiger charge is -2.09. The lowest BCUT2D eigenvalue weighted by molar-refractivity contribution is -0.116. The Bertz CT molecular complexity index is 1240. The van der Waals surface area contributed by atoms with E-state index in [1.807, 2.05) is 0 Å². The van der Waals surface area contributed by atoms with Crippen LogP contribution < -0.4 is 15.6 Å². The molecule has 0 radical (unpaired) electrons. The second-order valence-corrected chi connectivity index (χ2v) is 7.51.